The predicted octanol–water partition coefficient (Wildman–Crippen LogP) is 0.860. The number of anilines is 1. The Kier molecular flexibility index (Phi) is 4.52. The highest BCUT2D eigenvalue weighted by Gasteiger charge is 2.32. The molecule has 0 amide bonds. The minimum absolute atomic E-state index is 0.0248. The lowest BCUT2D eigenvalue weighted by molar-refractivity contribution is -0.119. The van der Waals surface area contributed by atoms with Crippen molar-refractivity contribution in [2.24, 2.45) is 5.73 Å². The zero-order valence-electron chi connectivity index (χ0n) is 8.59. The first kappa shape index (κ1) is 14.0. The number of nitrogens with two attached hydrogens (primary N) is 1. The van der Waals surface area contributed by atoms with E-state index in [2.05, 4.69) is 25.9 Å². The Bertz CT molecular complexity index is 434. The lowest BCUT2D eigenvalue weighted by Gasteiger charge is -2.24. The van der Waals surface area contributed by atoms with Crippen LogP contribution in [-0.4, -0.2) is 35.8 Å². The summed E-state index contributed by atoms with van der Waals surface area (Å²) in [6, 6.07) is 0. The molecule has 0 fully saturated rings. The summed E-state index contributed by atoms with van der Waals surface area (Å²) >= 11 is 2.90. The molecule has 1 heterocycles. The van der Waals surface area contributed by atoms with Crippen molar-refractivity contribution in [3.63, 3.8) is 0 Å². The predicted molar refractivity (Wildman–Crippen MR) is 59.9 cm³/mol. The number of H-pyrrole nitrogens is 1. The summed E-state index contributed by atoms with van der Waals surface area (Å²) in [5.74, 6) is -0.0727. The van der Waals surface area contributed by atoms with Gasteiger partial charge in [0.15, 0.2) is 5.82 Å². The molecule has 0 atom stereocenters. The van der Waals surface area contributed by atoms with Gasteiger partial charge >= 0.3 is 6.18 Å². The number of aromatic nitrogens is 2. The van der Waals surface area contributed by atoms with Gasteiger partial charge in [0.05, 0.1) is 6.33 Å². The quantitative estimate of drug-likeness (QED) is 0.864. The zero-order chi connectivity index (χ0) is 13.1. The molecule has 3 N–H and O–H groups in total. The Morgan fingerprint density at radius 2 is 2.18 bits per heavy atom. The maximum absolute atomic E-state index is 12.3. The van der Waals surface area contributed by atoms with E-state index in [9.17, 15) is 18.0 Å². The SMILES string of the molecule is NCCN(CC(F)(F)F)c1nc[nH]c(=O)c1Br. The molecule has 1 aromatic rings. The summed E-state index contributed by atoms with van der Waals surface area (Å²) in [5, 5.41) is 0. The maximum atomic E-state index is 12.3. The highest BCUT2D eigenvalue weighted by Crippen LogP contribution is 2.23. The van der Waals surface area contributed by atoms with Crippen LogP contribution >= 0.6 is 15.9 Å². The number of hydrogen-bond donors (Lipinski definition) is 2. The van der Waals surface area contributed by atoms with Crippen molar-refractivity contribution in [2.45, 2.75) is 6.18 Å². The number of halogens is 4. The van der Waals surface area contributed by atoms with E-state index in [1.807, 2.05) is 0 Å². The van der Waals surface area contributed by atoms with E-state index in [0.717, 1.165) is 11.2 Å². The second-order valence-electron chi connectivity index (χ2n) is 3.19. The van der Waals surface area contributed by atoms with Gasteiger partial charge in [0.25, 0.3) is 5.56 Å². The summed E-state index contributed by atoms with van der Waals surface area (Å²) < 4.78 is 37.0. The van der Waals surface area contributed by atoms with Crippen molar-refractivity contribution >= 4 is 21.7 Å². The van der Waals surface area contributed by atoms with Crippen LogP contribution in [-0.2, 0) is 0 Å². The molecule has 0 radical (unpaired) electrons. The smallest absolute Gasteiger partial charge is 0.345 e. The van der Waals surface area contributed by atoms with Crippen LogP contribution in [0.25, 0.3) is 0 Å². The van der Waals surface area contributed by atoms with Crippen molar-refractivity contribution in [3.05, 3.63) is 21.2 Å². The Labute approximate surface area is 103 Å². The summed E-state index contributed by atoms with van der Waals surface area (Å²) in [6.45, 7) is -1.23. The van der Waals surface area contributed by atoms with E-state index in [-0.39, 0.29) is 23.4 Å². The van der Waals surface area contributed by atoms with Crippen LogP contribution < -0.4 is 16.2 Å². The average molecular weight is 315 g/mol. The number of nitrogens with zero attached hydrogens (tertiary/aromatic N) is 2. The lowest BCUT2D eigenvalue weighted by Crippen LogP contribution is -2.39. The molecule has 1 rings (SSSR count). The first-order valence-corrected chi connectivity index (χ1v) is 5.39. The van der Waals surface area contributed by atoms with Gasteiger partial charge in [0.1, 0.15) is 11.0 Å². The van der Waals surface area contributed by atoms with Gasteiger partial charge in [-0.1, -0.05) is 0 Å². The van der Waals surface area contributed by atoms with Crippen molar-refractivity contribution in [1.29, 1.82) is 0 Å². The van der Waals surface area contributed by atoms with Gasteiger partial charge in [-0.15, -0.1) is 0 Å². The lowest BCUT2D eigenvalue weighted by atomic mass is 10.4. The molecule has 0 saturated heterocycles. The number of alkyl halides is 3. The summed E-state index contributed by atoms with van der Waals surface area (Å²) in [7, 11) is 0. The van der Waals surface area contributed by atoms with Gasteiger partial charge < -0.3 is 15.6 Å². The van der Waals surface area contributed by atoms with Gasteiger partial charge in [0, 0.05) is 13.1 Å². The van der Waals surface area contributed by atoms with Crippen LogP contribution in [0, 0.1) is 0 Å². The minimum atomic E-state index is -4.39. The van der Waals surface area contributed by atoms with Crippen molar-refractivity contribution in [3.8, 4) is 0 Å². The average Bonchev–Trinajstić information content (AvgIpc) is 2.19. The molecule has 0 aliphatic carbocycles. The normalized spacial score (nSPS) is 11.6. The van der Waals surface area contributed by atoms with Crippen LogP contribution in [0.1, 0.15) is 0 Å². The number of rotatable bonds is 4. The molecule has 1 aromatic heterocycles. The number of hydrogen-bond acceptors (Lipinski definition) is 4. The second kappa shape index (κ2) is 5.50. The standard InChI is InChI=1S/C8H10BrF3N4O/c9-5-6(14-4-15-7(5)17)16(2-1-13)3-8(10,11)12/h4H,1-3,13H2,(H,14,15,17). The second-order valence-corrected chi connectivity index (χ2v) is 3.99. The summed E-state index contributed by atoms with van der Waals surface area (Å²) in [6.07, 6.45) is -3.35. The third-order valence-corrected chi connectivity index (χ3v) is 2.56. The fraction of sp³-hybridized carbons (Fsp3) is 0.500. The van der Waals surface area contributed by atoms with E-state index < -0.39 is 18.3 Å². The fourth-order valence-electron chi connectivity index (χ4n) is 1.23. The van der Waals surface area contributed by atoms with Crippen LogP contribution in [0.5, 0.6) is 0 Å². The summed E-state index contributed by atoms with van der Waals surface area (Å²) in [4.78, 5) is 18.1. The van der Waals surface area contributed by atoms with Gasteiger partial charge in [-0.3, -0.25) is 4.79 Å². The van der Waals surface area contributed by atoms with Crippen LogP contribution in [0.15, 0.2) is 15.6 Å². The molecule has 17 heavy (non-hydrogen) atoms. The van der Waals surface area contributed by atoms with E-state index in [1.165, 1.54) is 0 Å². The van der Waals surface area contributed by atoms with E-state index in [4.69, 9.17) is 5.73 Å². The Balaban J connectivity index is 3.05. The molecule has 5 nitrogen and oxygen atoms in total. The molecule has 0 unspecified atom stereocenters. The highest BCUT2D eigenvalue weighted by atomic mass is 79.9. The molecule has 0 spiro atoms. The molecule has 0 aromatic carbocycles. The van der Waals surface area contributed by atoms with Crippen molar-refractivity contribution in [1.82, 2.24) is 9.97 Å². The first-order chi connectivity index (χ1) is 7.85. The molecule has 0 aliphatic heterocycles. The van der Waals surface area contributed by atoms with E-state index in [0.29, 0.717) is 0 Å². The molecular formula is C8H10BrF3N4O. The number of aromatic amines is 1. The molecule has 0 saturated carbocycles. The minimum Gasteiger partial charge on any atom is -0.345 e. The van der Waals surface area contributed by atoms with Gasteiger partial charge in [0.2, 0.25) is 0 Å². The third kappa shape index (κ3) is 4.00. The topological polar surface area (TPSA) is 75.0 Å². The molecule has 96 valence electrons. The zero-order valence-corrected chi connectivity index (χ0v) is 10.2. The molecule has 0 bridgehead atoms. The Hall–Kier alpha value is -1.09. The fourth-order valence-corrected chi connectivity index (χ4v) is 1.69. The van der Waals surface area contributed by atoms with Crippen molar-refractivity contribution < 1.29 is 13.2 Å². The van der Waals surface area contributed by atoms with Gasteiger partial charge in [-0.05, 0) is 15.9 Å². The van der Waals surface area contributed by atoms with E-state index in [1.54, 1.807) is 0 Å². The molecular weight excluding hydrogens is 305 g/mol. The third-order valence-electron chi connectivity index (χ3n) is 1.85. The number of nitrogens with one attached hydrogen (secondary N) is 1. The monoisotopic (exact) mass is 314 g/mol. The highest BCUT2D eigenvalue weighted by molar-refractivity contribution is 9.10. The van der Waals surface area contributed by atoms with Crippen LogP contribution in [0.3, 0.4) is 0 Å². The first-order valence-electron chi connectivity index (χ1n) is 4.60. The summed E-state index contributed by atoms with van der Waals surface area (Å²) in [5.41, 5.74) is 4.69. The van der Waals surface area contributed by atoms with Crippen LogP contribution in [0.2, 0.25) is 0 Å². The van der Waals surface area contributed by atoms with Crippen LogP contribution in [0.4, 0.5) is 19.0 Å². The maximum Gasteiger partial charge on any atom is 0.405 e. The van der Waals surface area contributed by atoms with Gasteiger partial charge in [-0.2, -0.15) is 13.2 Å². The van der Waals surface area contributed by atoms with E-state index >= 15 is 0 Å². The largest absolute Gasteiger partial charge is 0.405 e. The Morgan fingerprint density at radius 3 is 2.71 bits per heavy atom. The van der Waals surface area contributed by atoms with Crippen molar-refractivity contribution in [2.75, 3.05) is 24.5 Å². The molecule has 9 heteroatoms. The van der Waals surface area contributed by atoms with Gasteiger partial charge in [-0.25, -0.2) is 4.98 Å². The molecule has 0 aliphatic rings. The Morgan fingerprint density at radius 1 is 1.53 bits per heavy atom.